The maximum Gasteiger partial charge on any atom is 0.257 e. The Morgan fingerprint density at radius 1 is 1.27 bits per heavy atom. The number of anilines is 2. The van der Waals surface area contributed by atoms with Gasteiger partial charge in [-0.25, -0.2) is 4.98 Å². The zero-order chi connectivity index (χ0) is 21.7. The first kappa shape index (κ1) is 22.1. The van der Waals surface area contributed by atoms with Crippen LogP contribution in [0.15, 0.2) is 41.8 Å². The summed E-state index contributed by atoms with van der Waals surface area (Å²) >= 11 is 8.09. The second kappa shape index (κ2) is 9.93. The van der Waals surface area contributed by atoms with Gasteiger partial charge in [0, 0.05) is 35.2 Å². The van der Waals surface area contributed by atoms with Gasteiger partial charge in [0.2, 0.25) is 0 Å². The molecule has 0 unspecified atom stereocenters. The van der Waals surface area contributed by atoms with Crippen LogP contribution in [0.25, 0.3) is 11.3 Å². The second-order valence-corrected chi connectivity index (χ2v) is 8.23. The van der Waals surface area contributed by atoms with Crippen molar-refractivity contribution < 1.29 is 14.6 Å². The Balaban J connectivity index is 1.81. The highest BCUT2D eigenvalue weighted by Gasteiger charge is 2.15. The molecule has 3 rings (SSSR count). The van der Waals surface area contributed by atoms with Crippen LogP contribution in [0.3, 0.4) is 0 Å². The van der Waals surface area contributed by atoms with Crippen molar-refractivity contribution in [1.82, 2.24) is 4.98 Å². The molecule has 0 aliphatic heterocycles. The van der Waals surface area contributed by atoms with Crippen LogP contribution in [0, 0.1) is 0 Å². The lowest BCUT2D eigenvalue weighted by Gasteiger charge is -2.14. The average molecular weight is 446 g/mol. The van der Waals surface area contributed by atoms with E-state index in [1.54, 1.807) is 48.8 Å². The lowest BCUT2D eigenvalue weighted by atomic mass is 10.1. The molecule has 3 aromatic rings. The van der Waals surface area contributed by atoms with Crippen molar-refractivity contribution in [3.63, 3.8) is 0 Å². The molecule has 0 fully saturated rings. The van der Waals surface area contributed by atoms with Crippen molar-refractivity contribution in [2.75, 3.05) is 30.9 Å². The monoisotopic (exact) mass is 445 g/mol. The molecule has 3 N–H and O–H groups in total. The summed E-state index contributed by atoms with van der Waals surface area (Å²) in [4.78, 5) is 17.5. The van der Waals surface area contributed by atoms with Crippen molar-refractivity contribution in [1.29, 1.82) is 0 Å². The number of hydrogen-bond donors (Lipinski definition) is 3. The fourth-order valence-electron chi connectivity index (χ4n) is 2.86. The minimum Gasteiger partial charge on any atom is -0.497 e. The van der Waals surface area contributed by atoms with E-state index in [-0.39, 0.29) is 12.5 Å². The van der Waals surface area contributed by atoms with Crippen LogP contribution >= 0.6 is 22.9 Å². The highest BCUT2D eigenvalue weighted by Crippen LogP contribution is 2.33. The van der Waals surface area contributed by atoms with Gasteiger partial charge in [-0.1, -0.05) is 25.4 Å². The first-order chi connectivity index (χ1) is 14.4. The molecule has 2 aromatic carbocycles. The van der Waals surface area contributed by atoms with Gasteiger partial charge in [0.05, 0.1) is 40.7 Å². The molecule has 1 amide bonds. The highest BCUT2D eigenvalue weighted by molar-refractivity contribution is 7.10. The molecular formula is C22H24ClN3O3S. The summed E-state index contributed by atoms with van der Waals surface area (Å²) in [6.07, 6.45) is 0. The maximum atomic E-state index is 12.8. The number of amides is 1. The number of rotatable bonds is 8. The normalized spacial score (nSPS) is 10.9. The molecule has 8 heteroatoms. The molecule has 1 heterocycles. The molecule has 0 atom stereocenters. The quantitative estimate of drug-likeness (QED) is 0.441. The fraction of sp³-hybridized carbons (Fsp3) is 0.273. The third kappa shape index (κ3) is 5.11. The van der Waals surface area contributed by atoms with Crippen molar-refractivity contribution in [2.24, 2.45) is 0 Å². The van der Waals surface area contributed by atoms with Gasteiger partial charge in [0.1, 0.15) is 5.75 Å². The number of nitrogens with one attached hydrogen (secondary N) is 2. The first-order valence-electron chi connectivity index (χ1n) is 9.52. The van der Waals surface area contributed by atoms with Gasteiger partial charge in [-0.3, -0.25) is 4.79 Å². The van der Waals surface area contributed by atoms with Crippen LogP contribution < -0.4 is 15.4 Å². The van der Waals surface area contributed by atoms with Gasteiger partial charge in [-0.15, -0.1) is 11.3 Å². The number of halogens is 1. The van der Waals surface area contributed by atoms with Crippen molar-refractivity contribution >= 4 is 40.2 Å². The Morgan fingerprint density at radius 2 is 2.07 bits per heavy atom. The van der Waals surface area contributed by atoms with Gasteiger partial charge in [-0.2, -0.15) is 0 Å². The number of benzene rings is 2. The number of carbonyl (C=O) groups is 1. The van der Waals surface area contributed by atoms with E-state index in [0.29, 0.717) is 40.2 Å². The first-order valence-corrected chi connectivity index (χ1v) is 10.8. The number of aromatic nitrogens is 1. The summed E-state index contributed by atoms with van der Waals surface area (Å²) in [5, 5.41) is 18.6. The predicted molar refractivity (Wildman–Crippen MR) is 123 cm³/mol. The molecule has 0 aliphatic rings. The Bertz CT molecular complexity index is 1040. The number of hydrogen-bond acceptors (Lipinski definition) is 6. The van der Waals surface area contributed by atoms with E-state index in [0.717, 1.165) is 16.3 Å². The molecule has 30 heavy (non-hydrogen) atoms. The Hall–Kier alpha value is -2.61. The van der Waals surface area contributed by atoms with Crippen LogP contribution in [0.1, 0.15) is 35.1 Å². The molecule has 6 nitrogen and oxygen atoms in total. The summed E-state index contributed by atoms with van der Waals surface area (Å²) in [6.45, 7) is 4.47. The number of carbonyl (C=O) groups excluding carboxylic acids is 1. The fourth-order valence-corrected chi connectivity index (χ4v) is 3.97. The van der Waals surface area contributed by atoms with E-state index in [4.69, 9.17) is 21.4 Å². The molecule has 1 aromatic heterocycles. The number of aliphatic hydroxyl groups excluding tert-OH is 1. The zero-order valence-corrected chi connectivity index (χ0v) is 18.6. The van der Waals surface area contributed by atoms with Crippen molar-refractivity contribution in [3.8, 4) is 17.0 Å². The molecule has 0 radical (unpaired) electrons. The van der Waals surface area contributed by atoms with E-state index in [9.17, 15) is 4.79 Å². The van der Waals surface area contributed by atoms with Crippen molar-refractivity contribution in [2.45, 2.75) is 19.8 Å². The smallest absolute Gasteiger partial charge is 0.257 e. The summed E-state index contributed by atoms with van der Waals surface area (Å²) in [6, 6.07) is 10.5. The Labute approximate surface area is 184 Å². The van der Waals surface area contributed by atoms with Gasteiger partial charge >= 0.3 is 0 Å². The molecule has 0 bridgehead atoms. The van der Waals surface area contributed by atoms with Crippen molar-refractivity contribution in [3.05, 3.63) is 57.4 Å². The minimum absolute atomic E-state index is 0.0511. The SMILES string of the molecule is COc1ccc(C(=O)Nc2ccc(-c3csc(C(C)C)n3)c(Cl)c2)c(NCCO)c1. The van der Waals surface area contributed by atoms with Gasteiger partial charge < -0.3 is 20.5 Å². The molecule has 158 valence electrons. The van der Waals surface area contributed by atoms with E-state index >= 15 is 0 Å². The van der Waals surface area contributed by atoms with Crippen LogP contribution in [0.5, 0.6) is 5.75 Å². The third-order valence-corrected chi connectivity index (χ3v) is 5.88. The third-order valence-electron chi connectivity index (χ3n) is 4.42. The Kier molecular flexibility index (Phi) is 7.31. The van der Waals surface area contributed by atoms with Crippen LogP contribution in [0.4, 0.5) is 11.4 Å². The van der Waals surface area contributed by atoms with Crippen LogP contribution in [0.2, 0.25) is 5.02 Å². The largest absolute Gasteiger partial charge is 0.497 e. The number of thiazole rings is 1. The molecule has 0 saturated carbocycles. The summed E-state index contributed by atoms with van der Waals surface area (Å²) in [5.41, 5.74) is 3.25. The van der Waals surface area contributed by atoms with E-state index < -0.39 is 0 Å². The number of nitrogens with zero attached hydrogens (tertiary/aromatic N) is 1. The lowest BCUT2D eigenvalue weighted by molar-refractivity contribution is 0.102. The second-order valence-electron chi connectivity index (χ2n) is 6.94. The molecule has 0 aliphatic carbocycles. The van der Waals surface area contributed by atoms with Gasteiger partial charge in [-0.05, 0) is 30.3 Å². The van der Waals surface area contributed by atoms with Gasteiger partial charge in [0.15, 0.2) is 0 Å². The number of aliphatic hydroxyl groups is 1. The predicted octanol–water partition coefficient (Wildman–Crippen LogP) is 5.25. The van der Waals surface area contributed by atoms with E-state index in [2.05, 4.69) is 29.5 Å². The van der Waals surface area contributed by atoms with E-state index in [1.165, 1.54) is 0 Å². The molecule has 0 saturated heterocycles. The number of methoxy groups -OCH3 is 1. The highest BCUT2D eigenvalue weighted by atomic mass is 35.5. The minimum atomic E-state index is -0.294. The van der Waals surface area contributed by atoms with Gasteiger partial charge in [0.25, 0.3) is 5.91 Å². The van der Waals surface area contributed by atoms with Crippen LogP contribution in [-0.2, 0) is 0 Å². The average Bonchev–Trinajstić information content (AvgIpc) is 3.22. The number of ether oxygens (including phenoxy) is 1. The topological polar surface area (TPSA) is 83.5 Å². The summed E-state index contributed by atoms with van der Waals surface area (Å²) in [5.74, 6) is 0.681. The maximum absolute atomic E-state index is 12.8. The summed E-state index contributed by atoms with van der Waals surface area (Å²) < 4.78 is 5.22. The summed E-state index contributed by atoms with van der Waals surface area (Å²) in [7, 11) is 1.56. The Morgan fingerprint density at radius 3 is 2.70 bits per heavy atom. The lowest BCUT2D eigenvalue weighted by Crippen LogP contribution is -2.16. The molecular weight excluding hydrogens is 422 g/mol. The standard InChI is InChI=1S/C22H24ClN3O3S/c1-13(2)22-26-20(12-30-22)16-6-4-14(10-18(16)23)25-21(28)17-7-5-15(29-3)11-19(17)24-8-9-27/h4-7,10-13,24,27H,8-9H2,1-3H3,(H,25,28). The molecule has 0 spiro atoms. The van der Waals surface area contributed by atoms with Crippen LogP contribution in [-0.4, -0.2) is 36.3 Å². The zero-order valence-electron chi connectivity index (χ0n) is 17.0. The van der Waals surface area contributed by atoms with E-state index in [1.807, 2.05) is 11.4 Å².